The number of hydrogen-bond donors (Lipinski definition) is 1. The molecular formula is C18H14ClN3O6. The smallest absolute Gasteiger partial charge is 0.306 e. The first-order valence-corrected chi connectivity index (χ1v) is 8.51. The molecule has 2 amide bonds. The molecule has 0 aliphatic rings. The molecule has 2 aromatic heterocycles. The van der Waals surface area contributed by atoms with E-state index < -0.39 is 24.4 Å². The third-order valence-electron chi connectivity index (χ3n) is 3.48. The largest absolute Gasteiger partial charge is 0.459 e. The minimum absolute atomic E-state index is 0.0208. The lowest BCUT2D eigenvalue weighted by atomic mass is 10.2. The van der Waals surface area contributed by atoms with E-state index in [0.29, 0.717) is 10.8 Å². The average molecular weight is 404 g/mol. The molecule has 0 aliphatic carbocycles. The summed E-state index contributed by atoms with van der Waals surface area (Å²) in [6, 6.07) is 9.80. The molecule has 0 saturated heterocycles. The van der Waals surface area contributed by atoms with Crippen LogP contribution in [0.1, 0.15) is 22.9 Å². The van der Waals surface area contributed by atoms with Crippen LogP contribution >= 0.6 is 11.6 Å². The molecule has 0 bridgehead atoms. The van der Waals surface area contributed by atoms with Gasteiger partial charge in [-0.2, -0.15) is 4.98 Å². The number of esters is 1. The highest BCUT2D eigenvalue weighted by Crippen LogP contribution is 2.19. The van der Waals surface area contributed by atoms with Crippen LogP contribution in [-0.4, -0.2) is 34.5 Å². The van der Waals surface area contributed by atoms with Crippen LogP contribution in [-0.2, 0) is 20.7 Å². The van der Waals surface area contributed by atoms with Gasteiger partial charge in [0, 0.05) is 17.0 Å². The van der Waals surface area contributed by atoms with E-state index in [1.807, 2.05) is 5.32 Å². The van der Waals surface area contributed by atoms with Crippen molar-refractivity contribution in [2.45, 2.75) is 12.8 Å². The maximum absolute atomic E-state index is 11.7. The number of imide groups is 1. The second-order valence-electron chi connectivity index (χ2n) is 5.53. The van der Waals surface area contributed by atoms with Gasteiger partial charge in [-0.3, -0.25) is 19.7 Å². The van der Waals surface area contributed by atoms with Crippen molar-refractivity contribution in [3.05, 3.63) is 59.3 Å². The number of carbonyl (C=O) groups excluding carboxylic acids is 3. The maximum Gasteiger partial charge on any atom is 0.306 e. The number of hydrogen-bond acceptors (Lipinski definition) is 8. The Bertz CT molecular complexity index is 966. The molecule has 0 spiro atoms. The molecule has 10 heteroatoms. The van der Waals surface area contributed by atoms with E-state index in [0.717, 1.165) is 5.56 Å². The zero-order valence-electron chi connectivity index (χ0n) is 14.4. The predicted molar refractivity (Wildman–Crippen MR) is 95.2 cm³/mol. The summed E-state index contributed by atoms with van der Waals surface area (Å²) in [7, 11) is 0. The van der Waals surface area contributed by atoms with E-state index in [4.69, 9.17) is 25.3 Å². The van der Waals surface area contributed by atoms with Gasteiger partial charge in [0.25, 0.3) is 11.8 Å². The first-order valence-electron chi connectivity index (χ1n) is 8.13. The number of ether oxygens (including phenoxy) is 1. The summed E-state index contributed by atoms with van der Waals surface area (Å²) >= 11 is 5.83. The molecule has 2 heterocycles. The number of carbonyl (C=O) groups is 3. The van der Waals surface area contributed by atoms with Crippen LogP contribution < -0.4 is 5.32 Å². The number of rotatable bonds is 7. The molecule has 3 aromatic rings. The van der Waals surface area contributed by atoms with Crippen molar-refractivity contribution in [3.63, 3.8) is 0 Å². The molecule has 1 N–H and O–H groups in total. The summed E-state index contributed by atoms with van der Waals surface area (Å²) in [6.45, 7) is -0.592. The van der Waals surface area contributed by atoms with Crippen molar-refractivity contribution in [2.75, 3.05) is 6.61 Å². The summed E-state index contributed by atoms with van der Waals surface area (Å²) in [4.78, 5) is 39.1. The molecule has 144 valence electrons. The Balaban J connectivity index is 1.41. The second-order valence-corrected chi connectivity index (χ2v) is 5.97. The Morgan fingerprint density at radius 1 is 1.14 bits per heavy atom. The Hall–Kier alpha value is -3.46. The van der Waals surface area contributed by atoms with E-state index in [1.165, 1.54) is 18.4 Å². The average Bonchev–Trinajstić information content (AvgIpc) is 3.37. The molecule has 0 saturated carbocycles. The van der Waals surface area contributed by atoms with Crippen molar-refractivity contribution >= 4 is 29.4 Å². The molecule has 0 atom stereocenters. The summed E-state index contributed by atoms with van der Waals surface area (Å²) < 4.78 is 14.7. The number of aryl methyl sites for hydroxylation is 1. The van der Waals surface area contributed by atoms with Gasteiger partial charge in [0.2, 0.25) is 11.7 Å². The van der Waals surface area contributed by atoms with E-state index in [9.17, 15) is 14.4 Å². The molecule has 0 unspecified atom stereocenters. The van der Waals surface area contributed by atoms with Crippen molar-refractivity contribution in [1.29, 1.82) is 0 Å². The lowest BCUT2D eigenvalue weighted by Crippen LogP contribution is -2.34. The first kappa shape index (κ1) is 19.3. The van der Waals surface area contributed by atoms with Gasteiger partial charge in [-0.05, 0) is 36.4 Å². The second kappa shape index (κ2) is 8.96. The van der Waals surface area contributed by atoms with Gasteiger partial charge in [-0.15, -0.1) is 0 Å². The number of furan rings is 1. The van der Waals surface area contributed by atoms with Crippen LogP contribution in [0.15, 0.2) is 51.6 Å². The monoisotopic (exact) mass is 403 g/mol. The zero-order chi connectivity index (χ0) is 19.9. The zero-order valence-corrected chi connectivity index (χ0v) is 15.1. The topological polar surface area (TPSA) is 125 Å². The maximum atomic E-state index is 11.7. The highest BCUT2D eigenvalue weighted by Gasteiger charge is 2.15. The summed E-state index contributed by atoms with van der Waals surface area (Å²) in [5.41, 5.74) is 0.722. The van der Waals surface area contributed by atoms with Gasteiger partial charge < -0.3 is 13.7 Å². The summed E-state index contributed by atoms with van der Waals surface area (Å²) in [5.74, 6) is -1.53. The van der Waals surface area contributed by atoms with Crippen LogP contribution in [0.5, 0.6) is 0 Å². The fraction of sp³-hybridized carbons (Fsp3) is 0.167. The van der Waals surface area contributed by atoms with Gasteiger partial charge in [0.1, 0.15) is 0 Å². The van der Waals surface area contributed by atoms with Crippen LogP contribution in [0.4, 0.5) is 0 Å². The van der Waals surface area contributed by atoms with Crippen molar-refractivity contribution in [3.8, 4) is 11.4 Å². The van der Waals surface area contributed by atoms with E-state index >= 15 is 0 Å². The highest BCUT2D eigenvalue weighted by atomic mass is 35.5. The minimum Gasteiger partial charge on any atom is -0.459 e. The lowest BCUT2D eigenvalue weighted by molar-refractivity contribution is -0.148. The molecule has 3 rings (SSSR count). The Labute approximate surface area is 163 Å². The molecule has 0 radical (unpaired) electrons. The molecule has 1 aromatic carbocycles. The van der Waals surface area contributed by atoms with E-state index in [-0.39, 0.29) is 24.5 Å². The van der Waals surface area contributed by atoms with Crippen molar-refractivity contribution in [1.82, 2.24) is 15.5 Å². The van der Waals surface area contributed by atoms with Gasteiger partial charge in [0.05, 0.1) is 12.7 Å². The molecule has 0 fully saturated rings. The van der Waals surface area contributed by atoms with Gasteiger partial charge >= 0.3 is 5.97 Å². The normalized spacial score (nSPS) is 10.5. The lowest BCUT2D eigenvalue weighted by Gasteiger charge is -2.04. The van der Waals surface area contributed by atoms with Gasteiger partial charge in [-0.1, -0.05) is 16.8 Å². The number of halogens is 1. The van der Waals surface area contributed by atoms with Crippen LogP contribution in [0.25, 0.3) is 11.4 Å². The Morgan fingerprint density at radius 2 is 1.93 bits per heavy atom. The first-order chi connectivity index (χ1) is 13.5. The van der Waals surface area contributed by atoms with Crippen molar-refractivity contribution < 1.29 is 28.1 Å². The van der Waals surface area contributed by atoms with Gasteiger partial charge in [0.15, 0.2) is 12.4 Å². The molecule has 0 aliphatic heterocycles. The van der Waals surface area contributed by atoms with E-state index in [2.05, 4.69) is 10.1 Å². The van der Waals surface area contributed by atoms with Crippen LogP contribution in [0.3, 0.4) is 0 Å². The summed E-state index contributed by atoms with van der Waals surface area (Å²) in [6.07, 6.45) is 1.38. The van der Waals surface area contributed by atoms with E-state index in [1.54, 1.807) is 24.3 Å². The fourth-order valence-electron chi connectivity index (χ4n) is 2.13. The number of amides is 2. The molecule has 9 nitrogen and oxygen atoms in total. The third kappa shape index (κ3) is 5.27. The quantitative estimate of drug-likeness (QED) is 0.596. The van der Waals surface area contributed by atoms with Crippen molar-refractivity contribution in [2.24, 2.45) is 0 Å². The standard InChI is InChI=1S/C18H14ClN3O6/c19-12-5-3-11(4-6-12)17-21-15(28-22-17)7-8-16(24)27-10-14(23)20-18(25)13-2-1-9-26-13/h1-6,9H,7-8,10H2,(H,20,23,25). The third-order valence-corrected chi connectivity index (χ3v) is 3.73. The van der Waals surface area contributed by atoms with Crippen LogP contribution in [0.2, 0.25) is 5.02 Å². The SMILES string of the molecule is O=C(COC(=O)CCc1nc(-c2ccc(Cl)cc2)no1)NC(=O)c1ccco1. The minimum atomic E-state index is -0.766. The van der Waals surface area contributed by atoms with Gasteiger partial charge in [-0.25, -0.2) is 0 Å². The number of benzene rings is 1. The molecule has 28 heavy (non-hydrogen) atoms. The molecular weight excluding hydrogens is 390 g/mol. The number of nitrogens with zero attached hydrogens (tertiary/aromatic N) is 2. The Morgan fingerprint density at radius 3 is 2.64 bits per heavy atom. The highest BCUT2D eigenvalue weighted by molar-refractivity contribution is 6.30. The number of aromatic nitrogens is 2. The number of nitrogens with one attached hydrogen (secondary N) is 1. The van der Waals surface area contributed by atoms with Crippen LogP contribution in [0, 0.1) is 0 Å². The Kier molecular flexibility index (Phi) is 6.18. The predicted octanol–water partition coefficient (Wildman–Crippen LogP) is 2.42. The fourth-order valence-corrected chi connectivity index (χ4v) is 2.26. The summed E-state index contributed by atoms with van der Waals surface area (Å²) in [5, 5.41) is 6.46.